The van der Waals surface area contributed by atoms with Gasteiger partial charge in [-0.1, -0.05) is 12.1 Å². The summed E-state index contributed by atoms with van der Waals surface area (Å²) in [6, 6.07) is 11.6. The van der Waals surface area contributed by atoms with Gasteiger partial charge in [-0.05, 0) is 24.3 Å². The topological polar surface area (TPSA) is 39.4 Å². The van der Waals surface area contributed by atoms with E-state index in [1.807, 2.05) is 36.4 Å². The van der Waals surface area contributed by atoms with E-state index in [2.05, 4.69) is 10.1 Å². The van der Waals surface area contributed by atoms with Crippen molar-refractivity contribution >= 4 is 5.65 Å². The van der Waals surface area contributed by atoms with Crippen LogP contribution >= 0.6 is 0 Å². The number of methoxy groups -OCH3 is 1. The van der Waals surface area contributed by atoms with Gasteiger partial charge in [-0.15, -0.1) is 0 Å². The molecule has 4 heteroatoms. The Bertz CT molecular complexity index is 660. The first-order valence-electron chi connectivity index (χ1n) is 5.32. The fourth-order valence-electron chi connectivity index (χ4n) is 1.87. The lowest BCUT2D eigenvalue weighted by Crippen LogP contribution is -1.94. The first-order valence-corrected chi connectivity index (χ1v) is 5.32. The van der Waals surface area contributed by atoms with Crippen molar-refractivity contribution in [1.82, 2.24) is 14.6 Å². The molecule has 0 N–H and O–H groups in total. The van der Waals surface area contributed by atoms with Gasteiger partial charge in [0.15, 0.2) is 5.65 Å². The lowest BCUT2D eigenvalue weighted by molar-refractivity contribution is 0.416. The minimum Gasteiger partial charge on any atom is -0.496 e. The molecule has 17 heavy (non-hydrogen) atoms. The Kier molecular flexibility index (Phi) is 2.26. The van der Waals surface area contributed by atoms with E-state index in [1.165, 1.54) is 0 Å². The maximum Gasteiger partial charge on any atom is 0.154 e. The third-order valence-corrected chi connectivity index (χ3v) is 2.66. The van der Waals surface area contributed by atoms with Gasteiger partial charge in [0.1, 0.15) is 5.75 Å². The number of para-hydroxylation sites is 1. The molecule has 1 aromatic carbocycles. The van der Waals surface area contributed by atoms with Crippen molar-refractivity contribution < 1.29 is 4.74 Å². The summed E-state index contributed by atoms with van der Waals surface area (Å²) in [5.74, 6) is 0.819. The second-order valence-electron chi connectivity index (χ2n) is 3.64. The molecule has 3 aromatic rings. The molecule has 0 saturated heterocycles. The van der Waals surface area contributed by atoms with Crippen LogP contribution in [0.15, 0.2) is 48.8 Å². The summed E-state index contributed by atoms with van der Waals surface area (Å²) in [4.78, 5) is 4.32. The third-order valence-electron chi connectivity index (χ3n) is 2.66. The molecule has 3 rings (SSSR count). The van der Waals surface area contributed by atoms with E-state index < -0.39 is 0 Å². The van der Waals surface area contributed by atoms with Gasteiger partial charge in [0.05, 0.1) is 19.0 Å². The number of fused-ring (bicyclic) bond motifs is 1. The Hall–Kier alpha value is -2.36. The molecule has 0 aliphatic carbocycles. The van der Waals surface area contributed by atoms with E-state index in [4.69, 9.17) is 4.74 Å². The Morgan fingerprint density at radius 3 is 2.88 bits per heavy atom. The molecule has 2 aromatic heterocycles. The second-order valence-corrected chi connectivity index (χ2v) is 3.64. The van der Waals surface area contributed by atoms with Crippen LogP contribution < -0.4 is 4.74 Å². The van der Waals surface area contributed by atoms with Crippen molar-refractivity contribution in [2.24, 2.45) is 0 Å². The highest BCUT2D eigenvalue weighted by Crippen LogP contribution is 2.29. The fourth-order valence-corrected chi connectivity index (χ4v) is 1.87. The molecule has 0 radical (unpaired) electrons. The van der Waals surface area contributed by atoms with Crippen molar-refractivity contribution in [2.45, 2.75) is 0 Å². The Labute approximate surface area is 98.5 Å². The number of rotatable bonds is 2. The maximum atomic E-state index is 5.35. The third kappa shape index (κ3) is 1.54. The molecular weight excluding hydrogens is 214 g/mol. The van der Waals surface area contributed by atoms with E-state index in [1.54, 1.807) is 24.0 Å². The molecule has 0 atom stereocenters. The molecule has 0 bridgehead atoms. The summed E-state index contributed by atoms with van der Waals surface area (Å²) in [6.07, 6.45) is 3.55. The Balaban J connectivity index is 2.27. The summed E-state index contributed by atoms with van der Waals surface area (Å²) in [5, 5.41) is 4.29. The Morgan fingerprint density at radius 2 is 2.00 bits per heavy atom. The zero-order valence-corrected chi connectivity index (χ0v) is 9.37. The van der Waals surface area contributed by atoms with Crippen molar-refractivity contribution in [3.05, 3.63) is 48.8 Å². The first-order chi connectivity index (χ1) is 8.40. The zero-order valence-electron chi connectivity index (χ0n) is 9.37. The minimum atomic E-state index is 0.819. The van der Waals surface area contributed by atoms with E-state index in [0.29, 0.717) is 0 Å². The normalized spacial score (nSPS) is 10.6. The molecule has 2 heterocycles. The largest absolute Gasteiger partial charge is 0.496 e. The number of aromatic nitrogens is 3. The van der Waals surface area contributed by atoms with Crippen LogP contribution in [-0.4, -0.2) is 21.7 Å². The highest BCUT2D eigenvalue weighted by molar-refractivity contribution is 5.69. The number of hydrogen-bond donors (Lipinski definition) is 0. The highest BCUT2D eigenvalue weighted by Gasteiger charge is 2.10. The van der Waals surface area contributed by atoms with Gasteiger partial charge < -0.3 is 4.74 Å². The summed E-state index contributed by atoms with van der Waals surface area (Å²) < 4.78 is 7.15. The summed E-state index contributed by atoms with van der Waals surface area (Å²) in [6.45, 7) is 0. The maximum absolute atomic E-state index is 5.35. The molecule has 0 aliphatic heterocycles. The van der Waals surface area contributed by atoms with Gasteiger partial charge in [-0.25, -0.2) is 9.50 Å². The van der Waals surface area contributed by atoms with Gasteiger partial charge in [0.25, 0.3) is 0 Å². The van der Waals surface area contributed by atoms with Crippen LogP contribution in [0.4, 0.5) is 0 Å². The van der Waals surface area contributed by atoms with Crippen molar-refractivity contribution in [3.63, 3.8) is 0 Å². The van der Waals surface area contributed by atoms with Crippen LogP contribution in [0.1, 0.15) is 0 Å². The average molecular weight is 225 g/mol. The first kappa shape index (κ1) is 9.84. The predicted molar refractivity (Wildman–Crippen MR) is 65.0 cm³/mol. The zero-order chi connectivity index (χ0) is 11.7. The molecule has 4 nitrogen and oxygen atoms in total. The van der Waals surface area contributed by atoms with Crippen LogP contribution in [-0.2, 0) is 0 Å². The molecule has 0 saturated carbocycles. The molecule has 0 aliphatic rings. The van der Waals surface area contributed by atoms with Gasteiger partial charge in [-0.2, -0.15) is 5.10 Å². The van der Waals surface area contributed by atoms with Gasteiger partial charge in [-0.3, -0.25) is 0 Å². The molecule has 0 fully saturated rings. The number of hydrogen-bond acceptors (Lipinski definition) is 3. The monoisotopic (exact) mass is 225 g/mol. The van der Waals surface area contributed by atoms with E-state index >= 15 is 0 Å². The highest BCUT2D eigenvalue weighted by atomic mass is 16.5. The molecule has 0 spiro atoms. The quantitative estimate of drug-likeness (QED) is 0.672. The molecule has 0 amide bonds. The van der Waals surface area contributed by atoms with Gasteiger partial charge in [0.2, 0.25) is 0 Å². The summed E-state index contributed by atoms with van der Waals surface area (Å²) in [5.41, 5.74) is 2.74. The van der Waals surface area contributed by atoms with Crippen LogP contribution in [0.2, 0.25) is 0 Å². The smallest absolute Gasteiger partial charge is 0.154 e. The van der Waals surface area contributed by atoms with E-state index in [0.717, 1.165) is 22.7 Å². The lowest BCUT2D eigenvalue weighted by atomic mass is 10.1. The summed E-state index contributed by atoms with van der Waals surface area (Å²) >= 11 is 0. The van der Waals surface area contributed by atoms with E-state index in [9.17, 15) is 0 Å². The number of imidazole rings is 1. The number of benzene rings is 1. The number of ether oxygens (including phenoxy) is 1. The van der Waals surface area contributed by atoms with Crippen LogP contribution in [0.25, 0.3) is 16.9 Å². The fraction of sp³-hybridized carbons (Fsp3) is 0.0769. The average Bonchev–Trinajstić information content (AvgIpc) is 2.82. The number of nitrogens with zero attached hydrogens (tertiary/aromatic N) is 3. The second kappa shape index (κ2) is 3.90. The molecule has 0 unspecified atom stereocenters. The predicted octanol–water partition coefficient (Wildman–Crippen LogP) is 2.40. The van der Waals surface area contributed by atoms with E-state index in [-0.39, 0.29) is 0 Å². The van der Waals surface area contributed by atoms with Crippen LogP contribution in [0.3, 0.4) is 0 Å². The SMILES string of the molecule is COc1ccccc1-c1cnc2cccnn12. The van der Waals surface area contributed by atoms with Crippen molar-refractivity contribution in [1.29, 1.82) is 0 Å². The Morgan fingerprint density at radius 1 is 1.12 bits per heavy atom. The van der Waals surface area contributed by atoms with Crippen LogP contribution in [0.5, 0.6) is 5.75 Å². The molecular formula is C13H11N3O. The van der Waals surface area contributed by atoms with Gasteiger partial charge in [0, 0.05) is 11.8 Å². The summed E-state index contributed by atoms with van der Waals surface area (Å²) in [7, 11) is 1.66. The van der Waals surface area contributed by atoms with Crippen LogP contribution in [0, 0.1) is 0 Å². The standard InChI is InChI=1S/C13H11N3O/c1-17-12-6-3-2-5-10(12)11-9-14-13-7-4-8-15-16(11)13/h2-9H,1H3. The van der Waals surface area contributed by atoms with Gasteiger partial charge >= 0.3 is 0 Å². The minimum absolute atomic E-state index is 0.819. The van der Waals surface area contributed by atoms with Crippen molar-refractivity contribution in [2.75, 3.05) is 7.11 Å². The molecule has 84 valence electrons. The lowest BCUT2D eigenvalue weighted by Gasteiger charge is -2.06. The van der Waals surface area contributed by atoms with Crippen molar-refractivity contribution in [3.8, 4) is 17.0 Å².